The third kappa shape index (κ3) is 2.53. The van der Waals surface area contributed by atoms with Gasteiger partial charge in [0, 0.05) is 0 Å². The highest BCUT2D eigenvalue weighted by atomic mass is 16.7. The van der Waals surface area contributed by atoms with Crippen molar-refractivity contribution in [2.45, 2.75) is 37.3 Å². The Bertz CT molecular complexity index is 447. The molecule has 0 aliphatic carbocycles. The van der Waals surface area contributed by atoms with E-state index in [9.17, 15) is 10.2 Å². The maximum Gasteiger partial charge on any atom is 0.186 e. The summed E-state index contributed by atoms with van der Waals surface area (Å²) in [4.78, 5) is 0. The number of benzene rings is 1. The Morgan fingerprint density at radius 2 is 1.95 bits per heavy atom. The van der Waals surface area contributed by atoms with Gasteiger partial charge in [0.25, 0.3) is 0 Å². The van der Waals surface area contributed by atoms with Crippen molar-refractivity contribution < 1.29 is 29.2 Å². The fourth-order valence-electron chi connectivity index (χ4n) is 2.49. The molecule has 110 valence electrons. The van der Waals surface area contributed by atoms with Crippen LogP contribution < -0.4 is 4.74 Å². The van der Waals surface area contributed by atoms with Gasteiger partial charge in [-0.3, -0.25) is 0 Å². The lowest BCUT2D eigenvalue weighted by Crippen LogP contribution is -2.54. The molecule has 2 N–H and O–H groups in total. The summed E-state index contributed by atoms with van der Waals surface area (Å²) in [7, 11) is 1.61. The average molecular weight is 282 g/mol. The maximum atomic E-state index is 10.0. The molecule has 0 radical (unpaired) electrons. The lowest BCUT2D eigenvalue weighted by molar-refractivity contribution is -0.240. The van der Waals surface area contributed by atoms with Crippen molar-refractivity contribution >= 4 is 0 Å². The minimum absolute atomic E-state index is 0.322. The van der Waals surface area contributed by atoms with E-state index in [4.69, 9.17) is 18.9 Å². The second-order valence-electron chi connectivity index (χ2n) is 4.98. The molecule has 2 fully saturated rings. The first-order valence-corrected chi connectivity index (χ1v) is 6.57. The standard InChI is InChI=1S/C14H18O6/c1-17-9-4-2-8(3-5-9)6-18-13-10-7-19-14(20-10)12(16)11(13)15/h2-5,10-16H,6-7H2,1H3/t10-,11+,12-,13+,14-/m1/s1. The molecule has 0 unspecified atom stereocenters. The zero-order valence-electron chi connectivity index (χ0n) is 11.1. The van der Waals surface area contributed by atoms with E-state index in [1.807, 2.05) is 24.3 Å². The zero-order chi connectivity index (χ0) is 14.1. The van der Waals surface area contributed by atoms with Crippen LogP contribution in [0.2, 0.25) is 0 Å². The molecule has 1 aromatic rings. The van der Waals surface area contributed by atoms with Crippen molar-refractivity contribution in [3.05, 3.63) is 29.8 Å². The molecule has 2 aliphatic rings. The van der Waals surface area contributed by atoms with E-state index >= 15 is 0 Å². The van der Waals surface area contributed by atoms with Crippen molar-refractivity contribution in [3.8, 4) is 5.75 Å². The molecule has 2 saturated heterocycles. The fraction of sp³-hybridized carbons (Fsp3) is 0.571. The van der Waals surface area contributed by atoms with E-state index in [1.165, 1.54) is 0 Å². The normalized spacial score (nSPS) is 36.0. The first-order valence-electron chi connectivity index (χ1n) is 6.57. The van der Waals surface area contributed by atoms with Gasteiger partial charge >= 0.3 is 0 Å². The number of ether oxygens (including phenoxy) is 4. The van der Waals surface area contributed by atoms with Crippen LogP contribution in [0.15, 0.2) is 24.3 Å². The molecule has 20 heavy (non-hydrogen) atoms. The summed E-state index contributed by atoms with van der Waals surface area (Å²) in [6.45, 7) is 0.648. The molecular weight excluding hydrogens is 264 g/mol. The van der Waals surface area contributed by atoms with Gasteiger partial charge in [-0.2, -0.15) is 0 Å². The van der Waals surface area contributed by atoms with E-state index in [2.05, 4.69) is 0 Å². The van der Waals surface area contributed by atoms with E-state index < -0.39 is 24.6 Å². The van der Waals surface area contributed by atoms with Crippen LogP contribution >= 0.6 is 0 Å². The van der Waals surface area contributed by atoms with Crippen molar-refractivity contribution in [3.63, 3.8) is 0 Å². The summed E-state index contributed by atoms with van der Waals surface area (Å²) in [6, 6.07) is 7.46. The molecule has 0 aromatic heterocycles. The van der Waals surface area contributed by atoms with Crippen LogP contribution in [0.4, 0.5) is 0 Å². The van der Waals surface area contributed by atoms with Gasteiger partial charge in [0.15, 0.2) is 6.29 Å². The predicted octanol–water partition coefficient (Wildman–Crippen LogP) is 0.0573. The lowest BCUT2D eigenvalue weighted by atomic mass is 10.0. The third-order valence-corrected chi connectivity index (χ3v) is 3.67. The topological polar surface area (TPSA) is 77.4 Å². The van der Waals surface area contributed by atoms with E-state index in [-0.39, 0.29) is 6.10 Å². The van der Waals surface area contributed by atoms with Gasteiger partial charge in [0.2, 0.25) is 0 Å². The zero-order valence-corrected chi connectivity index (χ0v) is 11.1. The molecule has 0 amide bonds. The fourth-order valence-corrected chi connectivity index (χ4v) is 2.49. The van der Waals surface area contributed by atoms with Crippen LogP contribution in [-0.2, 0) is 20.8 Å². The minimum Gasteiger partial charge on any atom is -0.497 e. The molecular formula is C14H18O6. The monoisotopic (exact) mass is 282 g/mol. The molecule has 0 saturated carbocycles. The second-order valence-corrected chi connectivity index (χ2v) is 4.98. The summed E-state index contributed by atoms with van der Waals surface area (Å²) in [6.07, 6.45) is -3.74. The van der Waals surface area contributed by atoms with E-state index in [1.54, 1.807) is 7.11 Å². The highest BCUT2D eigenvalue weighted by molar-refractivity contribution is 5.26. The van der Waals surface area contributed by atoms with Gasteiger partial charge in [-0.1, -0.05) is 12.1 Å². The van der Waals surface area contributed by atoms with Crippen LogP contribution in [0.3, 0.4) is 0 Å². The van der Waals surface area contributed by atoms with Gasteiger partial charge in [0.1, 0.15) is 30.2 Å². The average Bonchev–Trinajstić information content (AvgIpc) is 2.92. The third-order valence-electron chi connectivity index (χ3n) is 3.67. The number of fused-ring (bicyclic) bond motifs is 2. The second kappa shape index (κ2) is 5.67. The molecule has 3 rings (SSSR count). The predicted molar refractivity (Wildman–Crippen MR) is 68.2 cm³/mol. The van der Waals surface area contributed by atoms with Gasteiger partial charge in [-0.25, -0.2) is 0 Å². The molecule has 6 heteroatoms. The van der Waals surface area contributed by atoms with Crippen LogP contribution in [0.25, 0.3) is 0 Å². The number of hydrogen-bond acceptors (Lipinski definition) is 6. The maximum absolute atomic E-state index is 10.0. The van der Waals surface area contributed by atoms with E-state index in [0.717, 1.165) is 11.3 Å². The lowest BCUT2D eigenvalue weighted by Gasteiger charge is -2.35. The highest BCUT2D eigenvalue weighted by Gasteiger charge is 2.50. The van der Waals surface area contributed by atoms with Crippen molar-refractivity contribution in [1.29, 1.82) is 0 Å². The Morgan fingerprint density at radius 1 is 1.20 bits per heavy atom. The number of hydrogen-bond donors (Lipinski definition) is 2. The van der Waals surface area contributed by atoms with Crippen LogP contribution in [-0.4, -0.2) is 54.6 Å². The first-order chi connectivity index (χ1) is 9.69. The minimum atomic E-state index is -1.07. The van der Waals surface area contributed by atoms with E-state index in [0.29, 0.717) is 13.2 Å². The Balaban J connectivity index is 1.62. The van der Waals surface area contributed by atoms with Gasteiger partial charge < -0.3 is 29.2 Å². The largest absolute Gasteiger partial charge is 0.497 e. The molecule has 6 nitrogen and oxygen atoms in total. The summed E-state index contributed by atoms with van der Waals surface area (Å²) in [5.74, 6) is 0.775. The summed E-state index contributed by atoms with van der Waals surface area (Å²) in [5.41, 5.74) is 0.952. The molecule has 5 atom stereocenters. The van der Waals surface area contributed by atoms with Gasteiger partial charge in [-0.15, -0.1) is 0 Å². The molecule has 2 heterocycles. The van der Waals surface area contributed by atoms with Crippen LogP contribution in [0, 0.1) is 0 Å². The Labute approximate surface area is 116 Å². The van der Waals surface area contributed by atoms with Gasteiger partial charge in [0.05, 0.1) is 20.3 Å². The summed E-state index contributed by atoms with van der Waals surface area (Å²) in [5, 5.41) is 19.8. The Kier molecular flexibility index (Phi) is 3.91. The van der Waals surface area contributed by atoms with Crippen molar-refractivity contribution in [2.75, 3.05) is 13.7 Å². The Morgan fingerprint density at radius 3 is 2.65 bits per heavy atom. The molecule has 2 bridgehead atoms. The smallest absolute Gasteiger partial charge is 0.186 e. The van der Waals surface area contributed by atoms with Crippen molar-refractivity contribution in [2.24, 2.45) is 0 Å². The molecule has 0 spiro atoms. The van der Waals surface area contributed by atoms with Crippen LogP contribution in [0.1, 0.15) is 5.56 Å². The highest BCUT2D eigenvalue weighted by Crippen LogP contribution is 2.30. The quantitative estimate of drug-likeness (QED) is 0.813. The molecule has 2 aliphatic heterocycles. The van der Waals surface area contributed by atoms with Gasteiger partial charge in [-0.05, 0) is 17.7 Å². The summed E-state index contributed by atoms with van der Waals surface area (Å²) < 4.78 is 21.5. The number of methoxy groups -OCH3 is 1. The first kappa shape index (κ1) is 13.8. The number of aliphatic hydroxyl groups excluding tert-OH is 2. The van der Waals surface area contributed by atoms with Crippen LogP contribution in [0.5, 0.6) is 5.75 Å². The Hall–Kier alpha value is -1.18. The number of aliphatic hydroxyl groups is 2. The SMILES string of the molecule is COc1ccc(CO[C@@H]2[C@@H](O)[C@@H](O)[C@@H]3OC[C@H]2O3)cc1. The van der Waals surface area contributed by atoms with Crippen molar-refractivity contribution in [1.82, 2.24) is 0 Å². The molecule has 1 aromatic carbocycles. The number of rotatable bonds is 4. The summed E-state index contributed by atoms with van der Waals surface area (Å²) >= 11 is 0.